The van der Waals surface area contributed by atoms with Crippen molar-refractivity contribution >= 4 is 0 Å². The molecular formula is C11H22F2N2. The Morgan fingerprint density at radius 1 is 1.33 bits per heavy atom. The molecule has 1 fully saturated rings. The topological polar surface area (TPSA) is 29.3 Å². The maximum Gasteiger partial charge on any atom is 0.275 e. The molecule has 1 saturated heterocycles. The van der Waals surface area contributed by atoms with Crippen molar-refractivity contribution in [1.82, 2.24) is 4.90 Å². The van der Waals surface area contributed by atoms with Crippen molar-refractivity contribution in [3.05, 3.63) is 0 Å². The van der Waals surface area contributed by atoms with E-state index in [0.29, 0.717) is 6.42 Å². The first-order valence-corrected chi connectivity index (χ1v) is 5.92. The minimum atomic E-state index is -2.69. The molecule has 1 aliphatic rings. The van der Waals surface area contributed by atoms with Gasteiger partial charge in [0.25, 0.3) is 5.92 Å². The van der Waals surface area contributed by atoms with Gasteiger partial charge in [-0.05, 0) is 19.4 Å². The van der Waals surface area contributed by atoms with Crippen molar-refractivity contribution < 1.29 is 8.78 Å². The third-order valence-electron chi connectivity index (χ3n) is 3.06. The molecule has 2 nitrogen and oxygen atoms in total. The van der Waals surface area contributed by atoms with Crippen molar-refractivity contribution in [1.29, 1.82) is 0 Å². The summed E-state index contributed by atoms with van der Waals surface area (Å²) in [5.41, 5.74) is 5.37. The quantitative estimate of drug-likeness (QED) is 0.720. The first-order valence-electron chi connectivity index (χ1n) is 5.92. The van der Waals surface area contributed by atoms with Gasteiger partial charge in [-0.3, -0.25) is 4.90 Å². The highest BCUT2D eigenvalue weighted by molar-refractivity contribution is 4.89. The van der Waals surface area contributed by atoms with Crippen molar-refractivity contribution in [3.63, 3.8) is 0 Å². The Labute approximate surface area is 90.8 Å². The normalized spacial score (nSPS) is 26.8. The Balaban J connectivity index is 2.21. The van der Waals surface area contributed by atoms with Gasteiger partial charge in [-0.15, -0.1) is 0 Å². The molecule has 0 amide bonds. The van der Waals surface area contributed by atoms with E-state index in [1.165, 1.54) is 12.8 Å². The number of hydrogen-bond acceptors (Lipinski definition) is 2. The molecule has 0 aromatic carbocycles. The van der Waals surface area contributed by atoms with Crippen LogP contribution in [0.3, 0.4) is 0 Å². The molecule has 15 heavy (non-hydrogen) atoms. The minimum Gasteiger partial charge on any atom is -0.323 e. The lowest BCUT2D eigenvalue weighted by Gasteiger charge is -2.36. The average molecular weight is 220 g/mol. The van der Waals surface area contributed by atoms with E-state index in [9.17, 15) is 8.78 Å². The van der Waals surface area contributed by atoms with Crippen LogP contribution in [0.1, 0.15) is 39.0 Å². The standard InChI is InChI=1S/C11H22F2N2/c1-2-3-4-5-7-15-8-6-10(14)11(12,13)9-15/h10H,2-9,14H2,1H3. The van der Waals surface area contributed by atoms with E-state index < -0.39 is 12.0 Å². The molecular weight excluding hydrogens is 198 g/mol. The van der Waals surface area contributed by atoms with Crippen LogP contribution >= 0.6 is 0 Å². The van der Waals surface area contributed by atoms with E-state index in [1.807, 2.05) is 4.90 Å². The number of halogens is 2. The Bertz CT molecular complexity index is 185. The molecule has 0 bridgehead atoms. The monoisotopic (exact) mass is 220 g/mol. The van der Waals surface area contributed by atoms with Gasteiger partial charge in [0, 0.05) is 6.54 Å². The molecule has 1 heterocycles. The predicted octanol–water partition coefficient (Wildman–Crippen LogP) is 2.24. The molecule has 90 valence electrons. The second kappa shape index (κ2) is 5.75. The summed E-state index contributed by atoms with van der Waals surface area (Å²) in [7, 11) is 0. The fraction of sp³-hybridized carbons (Fsp3) is 1.00. The minimum absolute atomic E-state index is 0.152. The highest BCUT2D eigenvalue weighted by Crippen LogP contribution is 2.25. The van der Waals surface area contributed by atoms with Crippen molar-refractivity contribution in [3.8, 4) is 0 Å². The molecule has 4 heteroatoms. The number of hydrogen-bond donors (Lipinski definition) is 1. The van der Waals surface area contributed by atoms with Gasteiger partial charge in [0.1, 0.15) is 0 Å². The first-order chi connectivity index (χ1) is 7.06. The first kappa shape index (κ1) is 12.8. The van der Waals surface area contributed by atoms with Gasteiger partial charge >= 0.3 is 0 Å². The van der Waals surface area contributed by atoms with E-state index in [2.05, 4.69) is 6.92 Å². The summed E-state index contributed by atoms with van der Waals surface area (Å²) in [6, 6.07) is -0.940. The number of nitrogens with zero attached hydrogens (tertiary/aromatic N) is 1. The van der Waals surface area contributed by atoms with E-state index in [4.69, 9.17) is 5.73 Å². The molecule has 0 saturated carbocycles. The van der Waals surface area contributed by atoms with Crippen molar-refractivity contribution in [2.24, 2.45) is 5.73 Å². The zero-order valence-electron chi connectivity index (χ0n) is 9.51. The molecule has 0 aromatic rings. The van der Waals surface area contributed by atoms with Gasteiger partial charge in [0.2, 0.25) is 0 Å². The van der Waals surface area contributed by atoms with Crippen LogP contribution in [0.5, 0.6) is 0 Å². The van der Waals surface area contributed by atoms with E-state index in [-0.39, 0.29) is 6.54 Å². The number of unbranched alkanes of at least 4 members (excludes halogenated alkanes) is 3. The van der Waals surface area contributed by atoms with Crippen LogP contribution in [0.2, 0.25) is 0 Å². The second-order valence-corrected chi connectivity index (χ2v) is 4.49. The van der Waals surface area contributed by atoms with Gasteiger partial charge in [-0.2, -0.15) is 0 Å². The van der Waals surface area contributed by atoms with Crippen LogP contribution in [-0.2, 0) is 0 Å². The molecule has 1 atom stereocenters. The van der Waals surface area contributed by atoms with E-state index >= 15 is 0 Å². The highest BCUT2D eigenvalue weighted by Gasteiger charge is 2.41. The molecule has 1 unspecified atom stereocenters. The highest BCUT2D eigenvalue weighted by atomic mass is 19.3. The average Bonchev–Trinajstić information content (AvgIpc) is 2.18. The zero-order valence-corrected chi connectivity index (χ0v) is 9.51. The van der Waals surface area contributed by atoms with Gasteiger partial charge in [0.05, 0.1) is 12.6 Å². The Hall–Kier alpha value is -0.220. The fourth-order valence-corrected chi connectivity index (χ4v) is 1.98. The summed E-state index contributed by atoms with van der Waals surface area (Å²) >= 11 is 0. The fourth-order valence-electron chi connectivity index (χ4n) is 1.98. The largest absolute Gasteiger partial charge is 0.323 e. The summed E-state index contributed by atoms with van der Waals surface area (Å²) < 4.78 is 26.5. The summed E-state index contributed by atoms with van der Waals surface area (Å²) in [6.07, 6.45) is 4.97. The van der Waals surface area contributed by atoms with Crippen LogP contribution < -0.4 is 5.73 Å². The number of rotatable bonds is 5. The lowest BCUT2D eigenvalue weighted by atomic mass is 10.0. The SMILES string of the molecule is CCCCCCN1CCC(N)C(F)(F)C1. The molecule has 2 N–H and O–H groups in total. The molecule has 1 rings (SSSR count). The third-order valence-corrected chi connectivity index (χ3v) is 3.06. The molecule has 0 aliphatic carbocycles. The zero-order chi connectivity index (χ0) is 11.3. The Kier molecular flexibility index (Phi) is 4.93. The maximum atomic E-state index is 13.3. The second-order valence-electron chi connectivity index (χ2n) is 4.49. The van der Waals surface area contributed by atoms with Crippen LogP contribution in [0.25, 0.3) is 0 Å². The van der Waals surface area contributed by atoms with Crippen molar-refractivity contribution in [2.45, 2.75) is 51.0 Å². The third kappa shape index (κ3) is 4.03. The Morgan fingerprint density at radius 2 is 2.07 bits per heavy atom. The van der Waals surface area contributed by atoms with Gasteiger partial charge in [-0.25, -0.2) is 8.78 Å². The Morgan fingerprint density at radius 3 is 2.67 bits per heavy atom. The summed E-state index contributed by atoms with van der Waals surface area (Å²) in [4.78, 5) is 1.85. The van der Waals surface area contributed by atoms with E-state index in [1.54, 1.807) is 0 Å². The number of nitrogens with two attached hydrogens (primary N) is 1. The number of likely N-dealkylation sites (tertiary alicyclic amines) is 1. The maximum absolute atomic E-state index is 13.3. The van der Waals surface area contributed by atoms with Crippen LogP contribution in [0.4, 0.5) is 8.78 Å². The lowest BCUT2D eigenvalue weighted by molar-refractivity contribution is -0.0798. The summed E-state index contributed by atoms with van der Waals surface area (Å²) in [5.74, 6) is -2.69. The van der Waals surface area contributed by atoms with Crippen LogP contribution in [-0.4, -0.2) is 36.5 Å². The smallest absolute Gasteiger partial charge is 0.275 e. The molecule has 0 spiro atoms. The summed E-state index contributed by atoms with van der Waals surface area (Å²) in [6.45, 7) is 3.51. The van der Waals surface area contributed by atoms with Gasteiger partial charge in [-0.1, -0.05) is 26.2 Å². The molecule has 0 aromatic heterocycles. The van der Waals surface area contributed by atoms with Crippen LogP contribution in [0, 0.1) is 0 Å². The predicted molar refractivity (Wildman–Crippen MR) is 58.1 cm³/mol. The van der Waals surface area contributed by atoms with Gasteiger partial charge < -0.3 is 5.73 Å². The molecule has 0 radical (unpaired) electrons. The number of piperidine rings is 1. The lowest BCUT2D eigenvalue weighted by Crippen LogP contribution is -2.55. The van der Waals surface area contributed by atoms with Crippen LogP contribution in [0.15, 0.2) is 0 Å². The molecule has 1 aliphatic heterocycles. The number of alkyl halides is 2. The van der Waals surface area contributed by atoms with E-state index in [0.717, 1.165) is 25.9 Å². The van der Waals surface area contributed by atoms with Gasteiger partial charge in [0.15, 0.2) is 0 Å². The summed E-state index contributed by atoms with van der Waals surface area (Å²) in [5, 5.41) is 0. The van der Waals surface area contributed by atoms with Crippen molar-refractivity contribution in [2.75, 3.05) is 19.6 Å².